The van der Waals surface area contributed by atoms with Crippen LogP contribution in [0.15, 0.2) is 60.2 Å². The molecule has 8 atom stereocenters. The average molecular weight is 641 g/mol. The van der Waals surface area contributed by atoms with Gasteiger partial charge in [0.15, 0.2) is 0 Å². The Kier molecular flexibility index (Phi) is 14.5. The number of ether oxygens (including phenoxy) is 1. The Morgan fingerprint density at radius 1 is 1.15 bits per heavy atom. The third-order valence-electron chi connectivity index (χ3n) is 8.66. The molecule has 0 aromatic heterocycles. The standard InChI is InChI=1S/C35H52N4O7/c1-6-23(4)31-16-9-7-8-15-29(41)24(5)30(42)20-32(43)37-33(22(2)3)34(44)36-26(18-25-12-10-13-27(40)19-25)21-39-17-11-14-28(38-39)35(45)46-31/h6-10,12-13,15,19,22,24,26,28-31,33,38,40-42H,11,14,16-18,20-21H2,1-5H3,(H,36,44)(H,37,43)/b9-7+,15-8+,23-6+/t24?,26-,28-,29+,30-,31-,33?/m0/s1. The van der Waals surface area contributed by atoms with Crippen molar-refractivity contribution in [2.75, 3.05) is 13.1 Å². The average Bonchev–Trinajstić information content (AvgIpc) is 3.01. The maximum atomic E-state index is 13.7. The van der Waals surface area contributed by atoms with E-state index in [0.717, 1.165) is 17.6 Å². The Bertz CT molecular complexity index is 1260. The van der Waals surface area contributed by atoms with Gasteiger partial charge in [-0.1, -0.05) is 63.3 Å². The van der Waals surface area contributed by atoms with Crippen molar-refractivity contribution in [3.63, 3.8) is 0 Å². The fraction of sp³-hybridized carbons (Fsp3) is 0.571. The first-order valence-electron chi connectivity index (χ1n) is 16.3. The number of hydrazine groups is 1. The van der Waals surface area contributed by atoms with Crippen LogP contribution in [0.1, 0.15) is 65.9 Å². The monoisotopic (exact) mass is 640 g/mol. The van der Waals surface area contributed by atoms with Crippen LogP contribution in [-0.2, 0) is 25.5 Å². The number of esters is 1. The number of rotatable bonds is 4. The lowest BCUT2D eigenvalue weighted by molar-refractivity contribution is -0.153. The lowest BCUT2D eigenvalue weighted by Gasteiger charge is -2.36. The summed E-state index contributed by atoms with van der Waals surface area (Å²) in [5, 5.41) is 39.2. The van der Waals surface area contributed by atoms with Crippen molar-refractivity contribution in [3.05, 3.63) is 65.8 Å². The predicted molar refractivity (Wildman–Crippen MR) is 176 cm³/mol. The number of allylic oxidation sites excluding steroid dienone is 3. The van der Waals surface area contributed by atoms with Crippen molar-refractivity contribution < 1.29 is 34.4 Å². The number of nitrogens with one attached hydrogen (secondary N) is 3. The minimum absolute atomic E-state index is 0.114. The summed E-state index contributed by atoms with van der Waals surface area (Å²) in [5.74, 6) is -2.04. The first kappa shape index (κ1) is 37.0. The van der Waals surface area contributed by atoms with E-state index in [9.17, 15) is 29.7 Å². The van der Waals surface area contributed by atoms with Gasteiger partial charge in [-0.3, -0.25) is 14.4 Å². The van der Waals surface area contributed by atoms with E-state index in [1.54, 1.807) is 37.3 Å². The third-order valence-corrected chi connectivity index (χ3v) is 8.66. The molecule has 2 bridgehead atoms. The van der Waals surface area contributed by atoms with Gasteiger partial charge in [-0.2, -0.15) is 0 Å². The summed E-state index contributed by atoms with van der Waals surface area (Å²) in [6.07, 6.45) is 7.99. The van der Waals surface area contributed by atoms with E-state index in [4.69, 9.17) is 4.74 Å². The van der Waals surface area contributed by atoms with E-state index in [1.807, 2.05) is 50.9 Å². The van der Waals surface area contributed by atoms with Gasteiger partial charge in [0.05, 0.1) is 18.6 Å². The molecule has 2 aliphatic rings. The van der Waals surface area contributed by atoms with E-state index < -0.39 is 48.3 Å². The molecule has 254 valence electrons. The van der Waals surface area contributed by atoms with E-state index in [0.29, 0.717) is 32.4 Å². The number of aromatic hydroxyl groups is 1. The molecule has 6 N–H and O–H groups in total. The number of hydrogen-bond acceptors (Lipinski definition) is 9. The van der Waals surface area contributed by atoms with E-state index in [1.165, 1.54) is 6.08 Å². The van der Waals surface area contributed by atoms with Crippen molar-refractivity contribution in [2.45, 2.75) is 103 Å². The molecule has 0 spiro atoms. The van der Waals surface area contributed by atoms with Crippen molar-refractivity contribution >= 4 is 17.8 Å². The Morgan fingerprint density at radius 2 is 1.91 bits per heavy atom. The second kappa shape index (κ2) is 18.0. The molecule has 1 aromatic carbocycles. The molecule has 2 heterocycles. The smallest absolute Gasteiger partial charge is 0.325 e. The molecular weight excluding hydrogens is 588 g/mol. The molecule has 1 aromatic rings. The van der Waals surface area contributed by atoms with Crippen LogP contribution in [0.3, 0.4) is 0 Å². The highest BCUT2D eigenvalue weighted by molar-refractivity contribution is 5.88. The number of hydrogen-bond donors (Lipinski definition) is 6. The minimum Gasteiger partial charge on any atom is -0.508 e. The lowest BCUT2D eigenvalue weighted by Crippen LogP contribution is -2.59. The van der Waals surface area contributed by atoms with Crippen LogP contribution in [0.5, 0.6) is 5.75 Å². The van der Waals surface area contributed by atoms with Crippen molar-refractivity contribution in [3.8, 4) is 5.75 Å². The number of aliphatic hydroxyl groups excluding tert-OH is 2. The van der Waals surface area contributed by atoms with E-state index >= 15 is 0 Å². The van der Waals surface area contributed by atoms with Crippen LogP contribution in [0.2, 0.25) is 0 Å². The number of nitrogens with zero attached hydrogens (tertiary/aromatic N) is 1. The highest BCUT2D eigenvalue weighted by Crippen LogP contribution is 2.19. The number of aliphatic hydroxyl groups is 2. The van der Waals surface area contributed by atoms with E-state index in [-0.39, 0.29) is 30.0 Å². The number of carbonyl (C=O) groups excluding carboxylic acids is 3. The van der Waals surface area contributed by atoms with Crippen LogP contribution in [0.25, 0.3) is 0 Å². The van der Waals surface area contributed by atoms with Crippen LogP contribution < -0.4 is 16.1 Å². The molecule has 11 nitrogen and oxygen atoms in total. The number of carbonyl (C=O) groups is 3. The van der Waals surface area contributed by atoms with E-state index in [2.05, 4.69) is 16.1 Å². The van der Waals surface area contributed by atoms with Gasteiger partial charge < -0.3 is 30.7 Å². The topological polar surface area (TPSA) is 160 Å². The molecule has 11 heteroatoms. The highest BCUT2D eigenvalue weighted by Gasteiger charge is 2.32. The summed E-state index contributed by atoms with van der Waals surface area (Å²) in [6, 6.07) is 4.94. The number of phenolic OH excluding ortho intramolecular Hbond substituents is 1. The summed E-state index contributed by atoms with van der Waals surface area (Å²) in [4.78, 5) is 40.0. The zero-order valence-corrected chi connectivity index (χ0v) is 27.7. The molecule has 1 saturated heterocycles. The second-order valence-electron chi connectivity index (χ2n) is 12.8. The molecule has 1 fully saturated rings. The van der Waals surface area contributed by atoms with Gasteiger partial charge in [-0.25, -0.2) is 10.4 Å². The van der Waals surface area contributed by atoms with Crippen molar-refractivity contribution in [1.29, 1.82) is 0 Å². The van der Waals surface area contributed by atoms with Gasteiger partial charge in [0.25, 0.3) is 0 Å². The van der Waals surface area contributed by atoms with Crippen LogP contribution in [0.4, 0.5) is 0 Å². The summed E-state index contributed by atoms with van der Waals surface area (Å²) in [5.41, 5.74) is 5.02. The van der Waals surface area contributed by atoms with Gasteiger partial charge in [0.1, 0.15) is 23.9 Å². The SMILES string of the molecule is C/C=C(\C)[C@@H]1C/C=C/C=C/[C@@H](O)C(C)[C@@H](O)CC(=O)NC(C(C)C)C(=O)N[C@@H](Cc2cccc(O)c2)CN2CCC[C@H](N2)C(=O)O1. The zero-order chi connectivity index (χ0) is 33.8. The molecule has 0 radical (unpaired) electrons. The summed E-state index contributed by atoms with van der Waals surface area (Å²) < 4.78 is 5.96. The first-order valence-corrected chi connectivity index (χ1v) is 16.3. The lowest BCUT2D eigenvalue weighted by atomic mass is 9.94. The normalized spacial score (nSPS) is 32.7. The number of fused-ring (bicyclic) bond motifs is 2. The van der Waals surface area contributed by atoms with Crippen molar-refractivity contribution in [1.82, 2.24) is 21.1 Å². The summed E-state index contributed by atoms with van der Waals surface area (Å²) in [7, 11) is 0. The van der Waals surface area contributed by atoms with Crippen LogP contribution >= 0.6 is 0 Å². The Morgan fingerprint density at radius 3 is 2.61 bits per heavy atom. The summed E-state index contributed by atoms with van der Waals surface area (Å²) in [6.45, 7) is 10.1. The van der Waals surface area contributed by atoms with Gasteiger partial charge in [0.2, 0.25) is 11.8 Å². The maximum absolute atomic E-state index is 13.7. The van der Waals surface area contributed by atoms with Gasteiger partial charge in [-0.15, -0.1) is 0 Å². The number of phenols is 1. The van der Waals surface area contributed by atoms with Gasteiger partial charge in [0, 0.05) is 31.5 Å². The largest absolute Gasteiger partial charge is 0.508 e. The minimum atomic E-state index is -1.14. The fourth-order valence-electron chi connectivity index (χ4n) is 5.58. The Hall–Kier alpha value is -3.51. The molecule has 2 aliphatic heterocycles. The fourth-order valence-corrected chi connectivity index (χ4v) is 5.58. The highest BCUT2D eigenvalue weighted by atomic mass is 16.5. The Balaban J connectivity index is 1.91. The molecule has 2 amide bonds. The molecule has 3 unspecified atom stereocenters. The molecule has 0 aliphatic carbocycles. The number of benzene rings is 1. The number of cyclic esters (lactones) is 1. The van der Waals surface area contributed by atoms with Crippen molar-refractivity contribution in [2.24, 2.45) is 11.8 Å². The summed E-state index contributed by atoms with van der Waals surface area (Å²) >= 11 is 0. The predicted octanol–water partition coefficient (Wildman–Crippen LogP) is 2.67. The zero-order valence-electron chi connectivity index (χ0n) is 27.7. The Labute approximate surface area is 272 Å². The van der Waals surface area contributed by atoms with Crippen LogP contribution in [0, 0.1) is 11.8 Å². The second-order valence-corrected chi connectivity index (χ2v) is 12.8. The molecule has 3 rings (SSSR count). The van der Waals surface area contributed by atoms with Gasteiger partial charge >= 0.3 is 5.97 Å². The van der Waals surface area contributed by atoms with Gasteiger partial charge in [-0.05, 0) is 62.3 Å². The molecular formula is C35H52N4O7. The maximum Gasteiger partial charge on any atom is 0.325 e. The molecule has 46 heavy (non-hydrogen) atoms. The number of amides is 2. The van der Waals surface area contributed by atoms with Crippen LogP contribution in [-0.4, -0.2) is 87.6 Å². The quantitative estimate of drug-likeness (QED) is 0.215. The first-order chi connectivity index (χ1) is 21.9. The molecule has 0 saturated carbocycles. The third kappa shape index (κ3) is 11.4.